The lowest BCUT2D eigenvalue weighted by atomic mass is 9.87. The van der Waals surface area contributed by atoms with E-state index >= 15 is 0 Å². The van der Waals surface area contributed by atoms with Crippen LogP contribution in [0.15, 0.2) is 36.4 Å². The quantitative estimate of drug-likeness (QED) is 0.863. The molecule has 2 aromatic carbocycles. The summed E-state index contributed by atoms with van der Waals surface area (Å²) in [6.07, 6.45) is 3.23. The number of nitrogens with one attached hydrogen (secondary N) is 1. The van der Waals surface area contributed by atoms with Crippen LogP contribution in [0.1, 0.15) is 30.0 Å². The van der Waals surface area contributed by atoms with Crippen molar-refractivity contribution in [2.24, 2.45) is 0 Å². The van der Waals surface area contributed by atoms with E-state index in [0.29, 0.717) is 0 Å². The number of ether oxygens (including phenoxy) is 1. The SMILES string of the molecule is COc1ccc2c(c1)CCCC2Nc1ccc(F)c(Cl)c1. The van der Waals surface area contributed by atoms with Crippen molar-refractivity contribution in [1.29, 1.82) is 0 Å². The van der Waals surface area contributed by atoms with Gasteiger partial charge in [-0.15, -0.1) is 0 Å². The maximum absolute atomic E-state index is 13.2. The first-order chi connectivity index (χ1) is 10.2. The van der Waals surface area contributed by atoms with Crippen LogP contribution in [0.25, 0.3) is 0 Å². The molecule has 0 saturated carbocycles. The number of hydrogen-bond donors (Lipinski definition) is 1. The van der Waals surface area contributed by atoms with Crippen molar-refractivity contribution in [3.05, 3.63) is 58.4 Å². The van der Waals surface area contributed by atoms with Crippen molar-refractivity contribution in [2.45, 2.75) is 25.3 Å². The van der Waals surface area contributed by atoms with Crippen LogP contribution in [-0.4, -0.2) is 7.11 Å². The molecule has 110 valence electrons. The molecule has 21 heavy (non-hydrogen) atoms. The molecule has 0 spiro atoms. The second kappa shape index (κ2) is 5.94. The highest BCUT2D eigenvalue weighted by molar-refractivity contribution is 6.31. The van der Waals surface area contributed by atoms with Gasteiger partial charge in [0.2, 0.25) is 0 Å². The van der Waals surface area contributed by atoms with E-state index in [0.717, 1.165) is 30.7 Å². The zero-order valence-corrected chi connectivity index (χ0v) is 12.6. The van der Waals surface area contributed by atoms with Crippen LogP contribution in [0.2, 0.25) is 5.02 Å². The van der Waals surface area contributed by atoms with Gasteiger partial charge in [0.15, 0.2) is 0 Å². The molecule has 1 atom stereocenters. The lowest BCUT2D eigenvalue weighted by Gasteiger charge is -2.27. The van der Waals surface area contributed by atoms with Crippen LogP contribution in [0.4, 0.5) is 10.1 Å². The minimum absolute atomic E-state index is 0.144. The summed E-state index contributed by atoms with van der Waals surface area (Å²) in [5, 5.41) is 3.59. The summed E-state index contributed by atoms with van der Waals surface area (Å²) in [6.45, 7) is 0. The topological polar surface area (TPSA) is 21.3 Å². The summed E-state index contributed by atoms with van der Waals surface area (Å²) in [5.41, 5.74) is 3.43. The monoisotopic (exact) mass is 305 g/mol. The number of benzene rings is 2. The van der Waals surface area contributed by atoms with Gasteiger partial charge in [0.1, 0.15) is 11.6 Å². The Balaban J connectivity index is 1.86. The minimum Gasteiger partial charge on any atom is -0.497 e. The van der Waals surface area contributed by atoms with Crippen molar-refractivity contribution in [2.75, 3.05) is 12.4 Å². The molecular weight excluding hydrogens is 289 g/mol. The molecular formula is C17H17ClFNO. The van der Waals surface area contributed by atoms with E-state index in [9.17, 15) is 4.39 Å². The Labute approximate surface area is 128 Å². The fourth-order valence-electron chi connectivity index (χ4n) is 2.85. The normalized spacial score (nSPS) is 17.2. The van der Waals surface area contributed by atoms with Gasteiger partial charge >= 0.3 is 0 Å². The maximum Gasteiger partial charge on any atom is 0.141 e. The van der Waals surface area contributed by atoms with Crippen molar-refractivity contribution >= 4 is 17.3 Å². The Morgan fingerprint density at radius 2 is 2.10 bits per heavy atom. The van der Waals surface area contributed by atoms with Gasteiger partial charge in [-0.3, -0.25) is 0 Å². The third-order valence-corrected chi connectivity index (χ3v) is 4.21. The van der Waals surface area contributed by atoms with E-state index in [-0.39, 0.29) is 11.1 Å². The molecule has 0 aliphatic heterocycles. The van der Waals surface area contributed by atoms with Crippen LogP contribution in [0.3, 0.4) is 0 Å². The zero-order valence-electron chi connectivity index (χ0n) is 11.8. The lowest BCUT2D eigenvalue weighted by Crippen LogP contribution is -2.17. The molecule has 0 amide bonds. The number of halogens is 2. The molecule has 1 aliphatic rings. The number of fused-ring (bicyclic) bond motifs is 1. The molecule has 2 aromatic rings. The molecule has 3 rings (SSSR count). The van der Waals surface area contributed by atoms with Crippen molar-refractivity contribution in [1.82, 2.24) is 0 Å². The number of aryl methyl sites for hydroxylation is 1. The second-order valence-corrected chi connectivity index (χ2v) is 5.69. The highest BCUT2D eigenvalue weighted by Gasteiger charge is 2.20. The van der Waals surface area contributed by atoms with Crippen molar-refractivity contribution in [3.8, 4) is 5.75 Å². The van der Waals surface area contributed by atoms with Crippen molar-refractivity contribution in [3.63, 3.8) is 0 Å². The Bertz CT molecular complexity index is 659. The smallest absolute Gasteiger partial charge is 0.141 e. The summed E-state index contributed by atoms with van der Waals surface area (Å²) in [6, 6.07) is 11.2. The summed E-state index contributed by atoms with van der Waals surface area (Å²) in [5.74, 6) is 0.496. The third kappa shape index (κ3) is 2.98. The lowest BCUT2D eigenvalue weighted by molar-refractivity contribution is 0.413. The first-order valence-electron chi connectivity index (χ1n) is 7.06. The summed E-state index contributed by atoms with van der Waals surface area (Å²) in [4.78, 5) is 0. The molecule has 2 nitrogen and oxygen atoms in total. The Hall–Kier alpha value is -1.74. The van der Waals surface area contributed by atoms with Gasteiger partial charge in [0.05, 0.1) is 18.2 Å². The molecule has 1 aliphatic carbocycles. The standard InChI is InChI=1S/C17H17ClFNO/c1-21-13-6-7-14-11(9-13)3-2-4-17(14)20-12-5-8-16(19)15(18)10-12/h5-10,17,20H,2-4H2,1H3. The number of methoxy groups -OCH3 is 1. The summed E-state index contributed by atoms with van der Waals surface area (Å²) in [7, 11) is 1.68. The van der Waals surface area contributed by atoms with Gasteiger partial charge in [-0.2, -0.15) is 0 Å². The van der Waals surface area contributed by atoms with Crippen LogP contribution >= 0.6 is 11.6 Å². The Morgan fingerprint density at radius 1 is 1.24 bits per heavy atom. The van der Waals surface area contributed by atoms with Gasteiger partial charge in [-0.1, -0.05) is 17.7 Å². The first kappa shape index (κ1) is 14.2. The number of hydrogen-bond acceptors (Lipinski definition) is 2. The molecule has 1 N–H and O–H groups in total. The molecule has 0 fully saturated rings. The summed E-state index contributed by atoms with van der Waals surface area (Å²) < 4.78 is 18.5. The largest absolute Gasteiger partial charge is 0.497 e. The highest BCUT2D eigenvalue weighted by Crippen LogP contribution is 2.35. The summed E-state index contributed by atoms with van der Waals surface area (Å²) >= 11 is 5.84. The predicted molar refractivity (Wildman–Crippen MR) is 83.7 cm³/mol. The zero-order chi connectivity index (χ0) is 14.8. The number of anilines is 1. The van der Waals surface area contributed by atoms with E-state index in [1.165, 1.54) is 17.2 Å². The maximum atomic E-state index is 13.2. The van der Waals surface area contributed by atoms with Gasteiger partial charge in [-0.25, -0.2) is 4.39 Å². The Morgan fingerprint density at radius 3 is 2.86 bits per heavy atom. The molecule has 0 saturated heterocycles. The van der Waals surface area contributed by atoms with E-state index in [1.807, 2.05) is 6.07 Å². The molecule has 0 radical (unpaired) electrons. The van der Waals surface area contributed by atoms with Crippen LogP contribution in [0, 0.1) is 5.82 Å². The molecule has 0 aromatic heterocycles. The molecule has 1 unspecified atom stereocenters. The average Bonchev–Trinajstić information content (AvgIpc) is 2.50. The van der Waals surface area contributed by atoms with Crippen LogP contribution in [0.5, 0.6) is 5.75 Å². The van der Waals surface area contributed by atoms with E-state index in [1.54, 1.807) is 19.2 Å². The fraction of sp³-hybridized carbons (Fsp3) is 0.294. The second-order valence-electron chi connectivity index (χ2n) is 5.28. The van der Waals surface area contributed by atoms with Crippen LogP contribution in [-0.2, 0) is 6.42 Å². The average molecular weight is 306 g/mol. The van der Waals surface area contributed by atoms with E-state index in [2.05, 4.69) is 17.4 Å². The van der Waals surface area contributed by atoms with Gasteiger partial charge in [0.25, 0.3) is 0 Å². The predicted octanol–water partition coefficient (Wildman–Crippen LogP) is 4.98. The molecule has 0 bridgehead atoms. The van der Waals surface area contributed by atoms with E-state index in [4.69, 9.17) is 16.3 Å². The number of rotatable bonds is 3. The minimum atomic E-state index is -0.393. The fourth-order valence-corrected chi connectivity index (χ4v) is 3.04. The van der Waals surface area contributed by atoms with Gasteiger partial charge in [0, 0.05) is 5.69 Å². The van der Waals surface area contributed by atoms with E-state index < -0.39 is 5.82 Å². The highest BCUT2D eigenvalue weighted by atomic mass is 35.5. The third-order valence-electron chi connectivity index (χ3n) is 3.92. The van der Waals surface area contributed by atoms with Crippen molar-refractivity contribution < 1.29 is 9.13 Å². The van der Waals surface area contributed by atoms with Gasteiger partial charge in [-0.05, 0) is 60.7 Å². The Kier molecular flexibility index (Phi) is 4.02. The molecule has 4 heteroatoms. The van der Waals surface area contributed by atoms with Crippen LogP contribution < -0.4 is 10.1 Å². The molecule has 0 heterocycles. The first-order valence-corrected chi connectivity index (χ1v) is 7.43. The van der Waals surface area contributed by atoms with Gasteiger partial charge < -0.3 is 10.1 Å².